The number of methoxy groups -OCH3 is 1. The third-order valence-electron chi connectivity index (χ3n) is 7.46. The first-order valence-corrected chi connectivity index (χ1v) is 13.4. The van der Waals surface area contributed by atoms with E-state index in [9.17, 15) is 9.59 Å². The number of nitrogens with zero attached hydrogens (tertiary/aromatic N) is 2. The van der Waals surface area contributed by atoms with E-state index < -0.39 is 11.5 Å². The van der Waals surface area contributed by atoms with E-state index in [-0.39, 0.29) is 34.1 Å². The number of nitrogens with one attached hydrogen (secondary N) is 3. The predicted molar refractivity (Wildman–Crippen MR) is 154 cm³/mol. The number of hydrogen-bond acceptors (Lipinski definition) is 7. The molecule has 0 spiro atoms. The molecule has 1 aliphatic rings. The van der Waals surface area contributed by atoms with Gasteiger partial charge in [0.1, 0.15) is 5.76 Å². The van der Waals surface area contributed by atoms with E-state index in [0.29, 0.717) is 18.7 Å². The summed E-state index contributed by atoms with van der Waals surface area (Å²) in [7, 11) is 5.40. The molecule has 1 amide bonds. The number of rotatable bonds is 10. The molecule has 3 aromatic rings. The van der Waals surface area contributed by atoms with E-state index in [1.165, 1.54) is 29.4 Å². The van der Waals surface area contributed by atoms with Crippen molar-refractivity contribution in [3.8, 4) is 5.88 Å². The van der Waals surface area contributed by atoms with Crippen LogP contribution in [0.15, 0.2) is 33.5 Å². The molecule has 0 fully saturated rings. The number of fused-ring (bicyclic) bond motifs is 1. The number of carbonyl (C=O) groups excluding carboxylic acids is 1. The van der Waals surface area contributed by atoms with Crippen molar-refractivity contribution in [1.82, 2.24) is 14.9 Å². The highest BCUT2D eigenvalue weighted by atomic mass is 16.5. The second kappa shape index (κ2) is 10.9. The first kappa shape index (κ1) is 28.4. The molecule has 1 aliphatic carbocycles. The molecule has 0 saturated heterocycles. The number of anilines is 2. The van der Waals surface area contributed by atoms with Crippen LogP contribution >= 0.6 is 0 Å². The van der Waals surface area contributed by atoms with Crippen LogP contribution in [0, 0.1) is 6.92 Å². The molecular weight excluding hydrogens is 494 g/mol. The maximum Gasteiger partial charge on any atom is 0.291 e. The van der Waals surface area contributed by atoms with Gasteiger partial charge < -0.3 is 24.7 Å². The van der Waals surface area contributed by atoms with Crippen LogP contribution in [0.4, 0.5) is 11.6 Å². The summed E-state index contributed by atoms with van der Waals surface area (Å²) < 4.78 is 11.2. The van der Waals surface area contributed by atoms with Gasteiger partial charge in [0.25, 0.3) is 11.5 Å². The van der Waals surface area contributed by atoms with Gasteiger partial charge in [-0.25, -0.2) is 0 Å². The van der Waals surface area contributed by atoms with Gasteiger partial charge in [0.05, 0.1) is 7.11 Å². The van der Waals surface area contributed by atoms with Crippen LogP contribution in [0.5, 0.6) is 5.88 Å². The molecule has 9 heteroatoms. The van der Waals surface area contributed by atoms with Gasteiger partial charge in [0, 0.05) is 13.0 Å². The molecule has 1 aromatic carbocycles. The lowest BCUT2D eigenvalue weighted by molar-refractivity contribution is 0.0994. The van der Waals surface area contributed by atoms with Gasteiger partial charge in [-0.1, -0.05) is 39.8 Å². The lowest BCUT2D eigenvalue weighted by Gasteiger charge is -2.22. The number of amides is 1. The number of aromatic nitrogens is 2. The van der Waals surface area contributed by atoms with Gasteiger partial charge in [0.15, 0.2) is 11.4 Å². The van der Waals surface area contributed by atoms with Crippen molar-refractivity contribution in [1.29, 1.82) is 0 Å². The van der Waals surface area contributed by atoms with Crippen LogP contribution in [-0.2, 0) is 17.3 Å². The van der Waals surface area contributed by atoms with Crippen LogP contribution in [-0.4, -0.2) is 55.1 Å². The molecule has 9 nitrogen and oxygen atoms in total. The van der Waals surface area contributed by atoms with E-state index in [0.717, 1.165) is 19.4 Å². The number of carbonyl (C=O) groups is 1. The minimum atomic E-state index is -0.549. The average molecular weight is 536 g/mol. The summed E-state index contributed by atoms with van der Waals surface area (Å²) in [5, 5.41) is 5.68. The number of H-pyrrole nitrogens is 1. The molecule has 2 aromatic heterocycles. The summed E-state index contributed by atoms with van der Waals surface area (Å²) in [4.78, 5) is 34.7. The van der Waals surface area contributed by atoms with Crippen molar-refractivity contribution in [2.75, 3.05) is 44.9 Å². The Balaban J connectivity index is 1.47. The topological polar surface area (TPSA) is 112 Å². The highest BCUT2D eigenvalue weighted by molar-refractivity contribution is 6.02. The monoisotopic (exact) mass is 535 g/mol. The Labute approximate surface area is 230 Å². The van der Waals surface area contributed by atoms with E-state index in [1.54, 1.807) is 12.1 Å². The van der Waals surface area contributed by atoms with Gasteiger partial charge >= 0.3 is 0 Å². The molecule has 39 heavy (non-hydrogen) atoms. The second-order valence-electron chi connectivity index (χ2n) is 12.0. The Morgan fingerprint density at radius 3 is 2.51 bits per heavy atom. The fraction of sp³-hybridized carbons (Fsp3) is 0.500. The zero-order valence-corrected chi connectivity index (χ0v) is 24.4. The lowest BCUT2D eigenvalue weighted by atomic mass is 9.82. The van der Waals surface area contributed by atoms with Gasteiger partial charge in [-0.05, 0) is 85.6 Å². The number of ether oxygens (including phenoxy) is 1. The maximum absolute atomic E-state index is 13.0. The zero-order valence-electron chi connectivity index (χ0n) is 24.4. The smallest absolute Gasteiger partial charge is 0.291 e. The van der Waals surface area contributed by atoms with Gasteiger partial charge in [-0.2, -0.15) is 4.98 Å². The summed E-state index contributed by atoms with van der Waals surface area (Å²) in [6, 6.07) is 8.03. The molecular formula is C30H41N5O4. The van der Waals surface area contributed by atoms with Crippen LogP contribution in [0.3, 0.4) is 0 Å². The van der Waals surface area contributed by atoms with Crippen LogP contribution < -0.4 is 20.9 Å². The van der Waals surface area contributed by atoms with Gasteiger partial charge in [-0.3, -0.25) is 14.6 Å². The van der Waals surface area contributed by atoms with E-state index in [2.05, 4.69) is 72.3 Å². The third kappa shape index (κ3) is 6.19. The highest BCUT2D eigenvalue weighted by Gasteiger charge is 2.42. The van der Waals surface area contributed by atoms with Crippen LogP contribution in [0.2, 0.25) is 0 Å². The van der Waals surface area contributed by atoms with Crippen molar-refractivity contribution in [3.63, 3.8) is 0 Å². The molecule has 0 saturated carbocycles. The maximum atomic E-state index is 13.0. The van der Waals surface area contributed by atoms with Crippen molar-refractivity contribution in [3.05, 3.63) is 68.4 Å². The predicted octanol–water partition coefficient (Wildman–Crippen LogP) is 4.85. The van der Waals surface area contributed by atoms with Crippen LogP contribution in [0.25, 0.3) is 0 Å². The number of aromatic amines is 1. The Morgan fingerprint density at radius 1 is 1.15 bits per heavy atom. The molecule has 0 unspecified atom stereocenters. The summed E-state index contributed by atoms with van der Waals surface area (Å²) in [5.41, 5.74) is 4.84. The molecule has 210 valence electrons. The van der Waals surface area contributed by atoms with Crippen molar-refractivity contribution in [2.45, 2.75) is 64.7 Å². The zero-order chi connectivity index (χ0) is 28.5. The number of benzene rings is 1. The van der Waals surface area contributed by atoms with Crippen LogP contribution in [0.1, 0.15) is 79.1 Å². The Hall–Kier alpha value is -3.59. The number of hydrogen-bond donors (Lipinski definition) is 3. The lowest BCUT2D eigenvalue weighted by Crippen LogP contribution is -2.23. The minimum Gasteiger partial charge on any atom is -0.479 e. The largest absolute Gasteiger partial charge is 0.479 e. The molecule has 0 atom stereocenters. The third-order valence-corrected chi connectivity index (χ3v) is 7.46. The average Bonchev–Trinajstić information content (AvgIpc) is 3.38. The summed E-state index contributed by atoms with van der Waals surface area (Å²) in [5.74, 6) is 0.540. The Kier molecular flexibility index (Phi) is 7.93. The van der Waals surface area contributed by atoms with Crippen molar-refractivity contribution >= 4 is 17.5 Å². The fourth-order valence-electron chi connectivity index (χ4n) is 5.71. The summed E-state index contributed by atoms with van der Waals surface area (Å²) >= 11 is 0. The highest BCUT2D eigenvalue weighted by Crippen LogP contribution is 2.50. The summed E-state index contributed by atoms with van der Waals surface area (Å²) in [6.07, 6.45) is 2.55. The van der Waals surface area contributed by atoms with E-state index in [4.69, 9.17) is 9.15 Å². The molecule has 0 aliphatic heterocycles. The molecule has 0 radical (unpaired) electrons. The fourth-order valence-corrected chi connectivity index (χ4v) is 5.71. The van der Waals surface area contributed by atoms with Crippen molar-refractivity contribution in [2.24, 2.45) is 0 Å². The van der Waals surface area contributed by atoms with Crippen molar-refractivity contribution < 1.29 is 13.9 Å². The quantitative estimate of drug-likeness (QED) is 0.318. The number of furan rings is 1. The SMILES string of the molecule is COc1nc(NCCCN(C)C)[nH]c(=O)c1NC(=O)c1ccc(Cc2cc3c(cc2C)C(C)(C)CC3(C)C)o1. The summed E-state index contributed by atoms with van der Waals surface area (Å²) in [6.45, 7) is 12.9. The molecule has 0 bridgehead atoms. The minimum absolute atomic E-state index is 0.0216. The van der Waals surface area contributed by atoms with E-state index in [1.807, 2.05) is 14.1 Å². The normalized spacial score (nSPS) is 15.3. The standard InChI is InChI=1S/C30H41N5O4/c1-18-14-21-22(30(4,5)17-29(21,2)3)16-19(18)15-20-10-11-23(39-20)25(36)32-24-26(37)33-28(34-27(24)38-8)31-12-9-13-35(6)7/h10-11,14,16H,9,12-13,15,17H2,1-8H3,(H,32,36)(H2,31,33,34,37). The molecule has 4 rings (SSSR count). The first-order valence-electron chi connectivity index (χ1n) is 13.4. The first-order chi connectivity index (χ1) is 18.3. The Morgan fingerprint density at radius 2 is 1.85 bits per heavy atom. The number of aryl methyl sites for hydroxylation is 1. The van der Waals surface area contributed by atoms with E-state index >= 15 is 0 Å². The Bertz CT molecular complexity index is 1420. The van der Waals surface area contributed by atoms with Gasteiger partial charge in [-0.15, -0.1) is 0 Å². The second-order valence-corrected chi connectivity index (χ2v) is 12.0. The molecule has 3 N–H and O–H groups in total. The van der Waals surface area contributed by atoms with Gasteiger partial charge in [0.2, 0.25) is 11.8 Å². The molecule has 2 heterocycles.